The van der Waals surface area contributed by atoms with Gasteiger partial charge >= 0.3 is 5.97 Å². The van der Waals surface area contributed by atoms with Crippen LogP contribution in [0.25, 0.3) is 5.65 Å². The number of alkyl halides is 2. The van der Waals surface area contributed by atoms with Gasteiger partial charge in [0.25, 0.3) is 6.43 Å². The summed E-state index contributed by atoms with van der Waals surface area (Å²) in [6.07, 6.45) is 4.02. The van der Waals surface area contributed by atoms with Gasteiger partial charge in [-0.2, -0.15) is 0 Å². The van der Waals surface area contributed by atoms with E-state index >= 15 is 0 Å². The zero-order chi connectivity index (χ0) is 17.3. The van der Waals surface area contributed by atoms with Crippen molar-refractivity contribution in [2.24, 2.45) is 10.7 Å². The summed E-state index contributed by atoms with van der Waals surface area (Å²) in [5.74, 6) is -0.917. The third-order valence-corrected chi connectivity index (χ3v) is 3.82. The van der Waals surface area contributed by atoms with Crippen LogP contribution in [-0.4, -0.2) is 33.1 Å². The van der Waals surface area contributed by atoms with E-state index in [1.165, 1.54) is 18.4 Å². The predicted molar refractivity (Wildman–Crippen MR) is 84.2 cm³/mol. The van der Waals surface area contributed by atoms with Gasteiger partial charge in [0, 0.05) is 18.6 Å². The van der Waals surface area contributed by atoms with E-state index in [0.717, 1.165) is 11.9 Å². The Morgan fingerprint density at radius 2 is 2.21 bits per heavy atom. The Kier molecular flexibility index (Phi) is 4.28. The van der Waals surface area contributed by atoms with E-state index < -0.39 is 23.7 Å². The Balaban J connectivity index is 1.77. The standard InChI is InChI=1S/C16H16F2N4O2/c17-15(18)14(19)12(16(23)24)6-20-5-11-8-22-7-10(9-1-2-9)3-4-13(22)21-11/h3-4,6-9,15H,1-2,5,19H2,(H,23,24). The van der Waals surface area contributed by atoms with Gasteiger partial charge in [0.2, 0.25) is 0 Å². The van der Waals surface area contributed by atoms with E-state index in [9.17, 15) is 13.6 Å². The highest BCUT2D eigenvalue weighted by atomic mass is 19.3. The van der Waals surface area contributed by atoms with Crippen LogP contribution in [-0.2, 0) is 11.3 Å². The monoisotopic (exact) mass is 334 g/mol. The van der Waals surface area contributed by atoms with Gasteiger partial charge in [-0.05, 0) is 30.4 Å². The van der Waals surface area contributed by atoms with Gasteiger partial charge in [-0.1, -0.05) is 6.07 Å². The minimum absolute atomic E-state index is 0.0771. The predicted octanol–water partition coefficient (Wildman–Crippen LogP) is 2.34. The Bertz CT molecular complexity index is 838. The number of allylic oxidation sites excluding steroid dienone is 1. The average molecular weight is 334 g/mol. The van der Waals surface area contributed by atoms with Gasteiger partial charge in [-0.25, -0.2) is 18.6 Å². The quantitative estimate of drug-likeness (QED) is 0.626. The van der Waals surface area contributed by atoms with E-state index in [-0.39, 0.29) is 6.54 Å². The highest BCUT2D eigenvalue weighted by Gasteiger charge is 2.23. The number of aromatic nitrogens is 2. The van der Waals surface area contributed by atoms with Crippen LogP contribution in [0.2, 0.25) is 0 Å². The van der Waals surface area contributed by atoms with E-state index in [0.29, 0.717) is 11.6 Å². The molecule has 0 aliphatic heterocycles. The maximum atomic E-state index is 12.5. The van der Waals surface area contributed by atoms with Crippen LogP contribution in [0.5, 0.6) is 0 Å². The van der Waals surface area contributed by atoms with E-state index in [1.54, 1.807) is 6.20 Å². The van der Waals surface area contributed by atoms with Gasteiger partial charge in [0.05, 0.1) is 17.9 Å². The molecule has 0 bridgehead atoms. The van der Waals surface area contributed by atoms with Crippen molar-refractivity contribution in [3.63, 3.8) is 0 Å². The Hall–Kier alpha value is -2.77. The molecule has 1 fully saturated rings. The van der Waals surface area contributed by atoms with Crippen molar-refractivity contribution < 1.29 is 18.7 Å². The van der Waals surface area contributed by atoms with Crippen molar-refractivity contribution in [2.45, 2.75) is 31.7 Å². The molecule has 1 aliphatic carbocycles. The maximum Gasteiger partial charge on any atom is 0.339 e. The molecule has 3 rings (SSSR count). The number of hydrogen-bond donors (Lipinski definition) is 2. The number of nitrogens with zero attached hydrogens (tertiary/aromatic N) is 3. The zero-order valence-corrected chi connectivity index (χ0v) is 12.7. The first-order valence-electron chi connectivity index (χ1n) is 7.44. The molecule has 3 N–H and O–H groups in total. The Morgan fingerprint density at radius 1 is 1.46 bits per heavy atom. The van der Waals surface area contributed by atoms with Gasteiger partial charge < -0.3 is 15.2 Å². The summed E-state index contributed by atoms with van der Waals surface area (Å²) in [5, 5.41) is 8.91. The van der Waals surface area contributed by atoms with Crippen LogP contribution >= 0.6 is 0 Å². The molecule has 1 saturated carbocycles. The van der Waals surface area contributed by atoms with Gasteiger partial charge in [0.15, 0.2) is 0 Å². The van der Waals surface area contributed by atoms with Crippen molar-refractivity contribution in [2.75, 3.05) is 0 Å². The first-order valence-corrected chi connectivity index (χ1v) is 7.44. The second-order valence-electron chi connectivity index (χ2n) is 5.68. The van der Waals surface area contributed by atoms with Gasteiger partial charge in [-0.3, -0.25) is 4.99 Å². The number of aliphatic carboxylic acids is 1. The topological polar surface area (TPSA) is 93.0 Å². The lowest BCUT2D eigenvalue weighted by Crippen LogP contribution is -2.17. The lowest BCUT2D eigenvalue weighted by atomic mass is 10.2. The molecule has 2 aromatic heterocycles. The number of carboxylic acids is 1. The fraction of sp³-hybridized carbons (Fsp3) is 0.312. The number of aliphatic imine (C=N–C) groups is 1. The highest BCUT2D eigenvalue weighted by Crippen LogP contribution is 2.39. The second-order valence-corrected chi connectivity index (χ2v) is 5.68. The summed E-state index contributed by atoms with van der Waals surface area (Å²) in [6.45, 7) is 0.0771. The molecule has 24 heavy (non-hydrogen) atoms. The number of fused-ring (bicyclic) bond motifs is 1. The molecule has 6 nitrogen and oxygen atoms in total. The highest BCUT2D eigenvalue weighted by molar-refractivity contribution is 6.09. The van der Waals surface area contributed by atoms with Crippen molar-refractivity contribution in [1.29, 1.82) is 0 Å². The lowest BCUT2D eigenvalue weighted by molar-refractivity contribution is -0.132. The van der Waals surface area contributed by atoms with Gasteiger partial charge in [-0.15, -0.1) is 0 Å². The number of carboxylic acid groups (broad SMARTS) is 1. The fourth-order valence-electron chi connectivity index (χ4n) is 2.40. The summed E-state index contributed by atoms with van der Waals surface area (Å²) in [7, 11) is 0. The number of halogens is 2. The summed E-state index contributed by atoms with van der Waals surface area (Å²) >= 11 is 0. The second kappa shape index (κ2) is 6.38. The molecular formula is C16H16F2N4O2. The first kappa shape index (κ1) is 16.1. The van der Waals surface area contributed by atoms with E-state index in [1.807, 2.05) is 22.7 Å². The molecule has 2 heterocycles. The largest absolute Gasteiger partial charge is 0.478 e. The Morgan fingerprint density at radius 3 is 2.83 bits per heavy atom. The third kappa shape index (κ3) is 3.42. The molecule has 8 heteroatoms. The molecule has 0 saturated heterocycles. The molecule has 0 amide bonds. The van der Waals surface area contributed by atoms with Gasteiger partial charge in [0.1, 0.15) is 11.2 Å². The molecular weight excluding hydrogens is 318 g/mol. The Labute approximate surface area is 136 Å². The number of pyridine rings is 1. The minimum atomic E-state index is -3.04. The molecule has 0 radical (unpaired) electrons. The number of imidazole rings is 1. The molecule has 2 aromatic rings. The number of carbonyl (C=O) groups is 1. The fourth-order valence-corrected chi connectivity index (χ4v) is 2.40. The summed E-state index contributed by atoms with van der Waals surface area (Å²) in [4.78, 5) is 19.2. The summed E-state index contributed by atoms with van der Waals surface area (Å²) in [6, 6.07) is 3.96. The molecule has 0 spiro atoms. The summed E-state index contributed by atoms with van der Waals surface area (Å²) in [5.41, 5.74) is 6.01. The smallest absolute Gasteiger partial charge is 0.339 e. The lowest BCUT2D eigenvalue weighted by Gasteiger charge is -2.02. The van der Waals surface area contributed by atoms with Crippen LogP contribution in [0.15, 0.2) is 40.8 Å². The number of rotatable bonds is 6. The molecule has 1 aliphatic rings. The average Bonchev–Trinajstić information content (AvgIpc) is 3.30. The maximum absolute atomic E-state index is 12.5. The molecule has 0 unspecified atom stereocenters. The molecule has 0 aromatic carbocycles. The minimum Gasteiger partial charge on any atom is -0.478 e. The van der Waals surface area contributed by atoms with Crippen LogP contribution in [0.3, 0.4) is 0 Å². The number of hydrogen-bond acceptors (Lipinski definition) is 4. The zero-order valence-electron chi connectivity index (χ0n) is 12.7. The van der Waals surface area contributed by atoms with Crippen LogP contribution in [0.1, 0.15) is 30.0 Å². The number of nitrogens with two attached hydrogens (primary N) is 1. The van der Waals surface area contributed by atoms with Crippen LogP contribution in [0.4, 0.5) is 8.78 Å². The molecule has 126 valence electrons. The van der Waals surface area contributed by atoms with Crippen LogP contribution < -0.4 is 5.73 Å². The summed E-state index contributed by atoms with van der Waals surface area (Å²) < 4.78 is 26.9. The SMILES string of the molecule is NC(=C(C=NCc1cn2cc(C3CC3)ccc2n1)C(=O)O)C(F)F. The van der Waals surface area contributed by atoms with Crippen LogP contribution in [0, 0.1) is 0 Å². The normalized spacial score (nSPS) is 16.1. The van der Waals surface area contributed by atoms with Crippen molar-refractivity contribution in [3.8, 4) is 0 Å². The van der Waals surface area contributed by atoms with E-state index in [4.69, 9.17) is 10.8 Å². The van der Waals surface area contributed by atoms with Crippen molar-refractivity contribution in [3.05, 3.63) is 47.1 Å². The molecule has 0 atom stereocenters. The third-order valence-electron chi connectivity index (χ3n) is 3.82. The first-order chi connectivity index (χ1) is 11.5. The van der Waals surface area contributed by atoms with Crippen molar-refractivity contribution in [1.82, 2.24) is 9.38 Å². The van der Waals surface area contributed by atoms with Crippen molar-refractivity contribution >= 4 is 17.8 Å². The van der Waals surface area contributed by atoms with E-state index in [2.05, 4.69) is 9.98 Å².